The van der Waals surface area contributed by atoms with Crippen LogP contribution in [0.2, 0.25) is 0 Å². The Morgan fingerprint density at radius 2 is 1.88 bits per heavy atom. The van der Waals surface area contributed by atoms with Gasteiger partial charge in [-0.1, -0.05) is 12.1 Å². The van der Waals surface area contributed by atoms with E-state index < -0.39 is 41.5 Å². The van der Waals surface area contributed by atoms with Crippen molar-refractivity contribution < 1.29 is 28.3 Å². The van der Waals surface area contributed by atoms with Crippen LogP contribution in [-0.2, 0) is 19.9 Å². The van der Waals surface area contributed by atoms with Crippen LogP contribution in [0.25, 0.3) is 0 Å². The summed E-state index contributed by atoms with van der Waals surface area (Å²) >= 11 is 0. The van der Waals surface area contributed by atoms with Crippen molar-refractivity contribution in [2.75, 3.05) is 19.6 Å². The average molecular weight is 463 g/mol. The van der Waals surface area contributed by atoms with E-state index in [9.17, 15) is 23.6 Å². The third-order valence-electron chi connectivity index (χ3n) is 5.82. The smallest absolute Gasteiger partial charge is 0.407 e. The van der Waals surface area contributed by atoms with E-state index in [4.69, 9.17) is 4.74 Å². The summed E-state index contributed by atoms with van der Waals surface area (Å²) < 4.78 is 18.5. The molecule has 2 aliphatic rings. The van der Waals surface area contributed by atoms with Gasteiger partial charge in [0.15, 0.2) is 0 Å². The second kappa shape index (κ2) is 9.36. The molecule has 1 aromatic carbocycles. The number of urea groups is 1. The highest BCUT2D eigenvalue weighted by Gasteiger charge is 2.50. The summed E-state index contributed by atoms with van der Waals surface area (Å²) in [6.07, 6.45) is 1.82. The van der Waals surface area contributed by atoms with Crippen LogP contribution in [0.5, 0.6) is 0 Å². The number of rotatable bonds is 5. The Morgan fingerprint density at radius 3 is 2.52 bits per heavy atom. The first-order valence-corrected chi connectivity index (χ1v) is 11.1. The number of likely N-dealkylation sites (tertiary alicyclic amines) is 1. The first kappa shape index (κ1) is 24.5. The quantitative estimate of drug-likeness (QED) is 0.654. The molecule has 1 aromatic rings. The Morgan fingerprint density at radius 1 is 1.21 bits per heavy atom. The second-order valence-electron chi connectivity index (χ2n) is 9.57. The number of halogens is 1. The summed E-state index contributed by atoms with van der Waals surface area (Å²) in [7, 11) is 0. The van der Waals surface area contributed by atoms with Crippen molar-refractivity contribution in [1.82, 2.24) is 20.4 Å². The van der Waals surface area contributed by atoms with Crippen LogP contribution in [0.1, 0.15) is 52.5 Å². The highest BCUT2D eigenvalue weighted by Crippen LogP contribution is 2.29. The molecule has 33 heavy (non-hydrogen) atoms. The van der Waals surface area contributed by atoms with Gasteiger partial charge in [-0.25, -0.2) is 14.0 Å². The zero-order valence-electron chi connectivity index (χ0n) is 19.4. The summed E-state index contributed by atoms with van der Waals surface area (Å²) in [6, 6.07) is 4.35. The third kappa shape index (κ3) is 5.61. The van der Waals surface area contributed by atoms with Crippen molar-refractivity contribution in [3.05, 3.63) is 35.6 Å². The van der Waals surface area contributed by atoms with Crippen LogP contribution < -0.4 is 10.6 Å². The molecule has 10 heteroatoms. The van der Waals surface area contributed by atoms with Gasteiger partial charge < -0.3 is 20.3 Å². The van der Waals surface area contributed by atoms with Crippen LogP contribution >= 0.6 is 0 Å². The number of hydrogen-bond donors (Lipinski definition) is 2. The molecule has 5 amide bonds. The minimum Gasteiger partial charge on any atom is -0.444 e. The van der Waals surface area contributed by atoms with Gasteiger partial charge in [-0.3, -0.25) is 14.5 Å². The van der Waals surface area contributed by atoms with Gasteiger partial charge in [0, 0.05) is 19.1 Å². The molecule has 0 saturated carbocycles. The van der Waals surface area contributed by atoms with E-state index in [1.807, 2.05) is 0 Å². The number of ether oxygens (including phenoxy) is 1. The molecule has 2 heterocycles. The van der Waals surface area contributed by atoms with E-state index in [-0.39, 0.29) is 18.5 Å². The normalized spacial score (nSPS) is 23.4. The number of carbonyl (C=O) groups excluding carboxylic acids is 4. The lowest BCUT2D eigenvalue weighted by Crippen LogP contribution is -2.53. The molecule has 180 valence electrons. The van der Waals surface area contributed by atoms with Gasteiger partial charge in [0.1, 0.15) is 23.5 Å². The Balaban J connectivity index is 1.66. The lowest BCUT2D eigenvalue weighted by Gasteiger charge is -2.36. The first-order valence-electron chi connectivity index (χ1n) is 11.1. The number of alkyl carbamates (subject to hydrolysis) is 1. The molecule has 2 aliphatic heterocycles. The summed E-state index contributed by atoms with van der Waals surface area (Å²) in [5, 5.41) is 5.32. The molecule has 3 rings (SSSR count). The largest absolute Gasteiger partial charge is 0.444 e. The van der Waals surface area contributed by atoms with Crippen LogP contribution in [0.4, 0.5) is 14.0 Å². The maximum atomic E-state index is 13.3. The van der Waals surface area contributed by atoms with Crippen LogP contribution in [0.15, 0.2) is 24.3 Å². The van der Waals surface area contributed by atoms with E-state index in [0.29, 0.717) is 18.5 Å². The minimum absolute atomic E-state index is 0.216. The van der Waals surface area contributed by atoms with Gasteiger partial charge in [-0.05, 0) is 64.7 Å². The average Bonchev–Trinajstić information content (AvgIpc) is 2.95. The molecule has 0 bridgehead atoms. The predicted octanol–water partition coefficient (Wildman–Crippen LogP) is 2.50. The number of amides is 5. The van der Waals surface area contributed by atoms with Gasteiger partial charge in [0.2, 0.25) is 5.91 Å². The maximum absolute atomic E-state index is 13.3. The number of nitrogens with zero attached hydrogens (tertiary/aromatic N) is 2. The van der Waals surface area contributed by atoms with Crippen LogP contribution in [0, 0.1) is 5.82 Å². The standard InChI is InChI=1S/C23H31FN4O5/c1-22(2,3)33-21(32)25-13-17-7-5-6-12-27(17)18(29)14-28-19(30)23(4,26-20(28)31)15-8-10-16(24)11-9-15/h8-11,17H,5-7,12-14H2,1-4H3,(H,25,32)(H,26,31). The molecule has 0 radical (unpaired) electrons. The summed E-state index contributed by atoms with van der Waals surface area (Å²) in [4.78, 5) is 53.2. The fourth-order valence-corrected chi connectivity index (χ4v) is 4.10. The predicted molar refractivity (Wildman–Crippen MR) is 118 cm³/mol. The van der Waals surface area contributed by atoms with Crippen molar-refractivity contribution in [2.24, 2.45) is 0 Å². The topological polar surface area (TPSA) is 108 Å². The molecule has 2 unspecified atom stereocenters. The molecule has 0 aliphatic carbocycles. The van der Waals surface area contributed by atoms with Crippen LogP contribution in [0.3, 0.4) is 0 Å². The molecule has 0 spiro atoms. The number of piperidine rings is 1. The van der Waals surface area contributed by atoms with Crippen molar-refractivity contribution in [1.29, 1.82) is 0 Å². The molecule has 2 fully saturated rings. The highest BCUT2D eigenvalue weighted by molar-refractivity contribution is 6.09. The van der Waals surface area contributed by atoms with Gasteiger partial charge in [-0.15, -0.1) is 0 Å². The maximum Gasteiger partial charge on any atom is 0.407 e. The fraction of sp³-hybridized carbons (Fsp3) is 0.565. The first-order chi connectivity index (χ1) is 15.4. The van der Waals surface area contributed by atoms with Crippen molar-refractivity contribution >= 4 is 23.9 Å². The monoisotopic (exact) mass is 462 g/mol. The number of imide groups is 1. The molecule has 2 N–H and O–H groups in total. The van der Waals surface area contributed by atoms with E-state index in [1.165, 1.54) is 31.2 Å². The highest BCUT2D eigenvalue weighted by atomic mass is 19.1. The Labute approximate surface area is 192 Å². The van der Waals surface area contributed by atoms with E-state index in [0.717, 1.165) is 17.7 Å². The van der Waals surface area contributed by atoms with Crippen molar-refractivity contribution in [3.63, 3.8) is 0 Å². The van der Waals surface area contributed by atoms with E-state index >= 15 is 0 Å². The second-order valence-corrected chi connectivity index (χ2v) is 9.57. The van der Waals surface area contributed by atoms with Crippen LogP contribution in [-0.4, -0.2) is 65.0 Å². The van der Waals surface area contributed by atoms with Gasteiger partial charge >= 0.3 is 12.1 Å². The zero-order chi connectivity index (χ0) is 24.4. The lowest BCUT2D eigenvalue weighted by molar-refractivity contribution is -0.141. The fourth-order valence-electron chi connectivity index (χ4n) is 4.10. The lowest BCUT2D eigenvalue weighted by atomic mass is 9.92. The summed E-state index contributed by atoms with van der Waals surface area (Å²) in [6.45, 7) is 7.10. The summed E-state index contributed by atoms with van der Waals surface area (Å²) in [5.74, 6) is -1.41. The number of hydrogen-bond acceptors (Lipinski definition) is 5. The molecule has 9 nitrogen and oxygen atoms in total. The molecule has 2 saturated heterocycles. The number of nitrogens with one attached hydrogen (secondary N) is 2. The SMILES string of the molecule is CC(C)(C)OC(=O)NCC1CCCCN1C(=O)CN1C(=O)NC(C)(c2ccc(F)cc2)C1=O. The zero-order valence-corrected chi connectivity index (χ0v) is 19.4. The number of carbonyl (C=O) groups is 4. The molecular formula is C23H31FN4O5. The Hall–Kier alpha value is -3.17. The Bertz CT molecular complexity index is 930. The molecule has 2 atom stereocenters. The number of benzene rings is 1. The Kier molecular flexibility index (Phi) is 6.94. The van der Waals surface area contributed by atoms with E-state index in [1.54, 1.807) is 25.7 Å². The van der Waals surface area contributed by atoms with Gasteiger partial charge in [-0.2, -0.15) is 0 Å². The van der Waals surface area contributed by atoms with Crippen molar-refractivity contribution in [2.45, 2.75) is 64.1 Å². The van der Waals surface area contributed by atoms with Gasteiger partial charge in [0.05, 0.1) is 0 Å². The minimum atomic E-state index is -1.38. The van der Waals surface area contributed by atoms with Gasteiger partial charge in [0.25, 0.3) is 5.91 Å². The van der Waals surface area contributed by atoms with E-state index in [2.05, 4.69) is 10.6 Å². The van der Waals surface area contributed by atoms with Crippen molar-refractivity contribution in [3.8, 4) is 0 Å². The molecular weight excluding hydrogens is 431 g/mol. The molecule has 0 aromatic heterocycles. The third-order valence-corrected chi connectivity index (χ3v) is 5.82. The summed E-state index contributed by atoms with van der Waals surface area (Å²) in [5.41, 5.74) is -1.59.